The van der Waals surface area contributed by atoms with Crippen molar-refractivity contribution >= 4 is 0 Å². The van der Waals surface area contributed by atoms with E-state index in [1.54, 1.807) is 0 Å². The Morgan fingerprint density at radius 3 is 2.59 bits per heavy atom. The fourth-order valence-electron chi connectivity index (χ4n) is 1.88. The summed E-state index contributed by atoms with van der Waals surface area (Å²) < 4.78 is 46.3. The minimum Gasteiger partial charge on any atom is -0.381 e. The quantitative estimate of drug-likeness (QED) is 0.645. The zero-order chi connectivity index (χ0) is 12.6. The Morgan fingerprint density at radius 1 is 1.12 bits per heavy atom. The maximum absolute atomic E-state index is 11.8. The third-order valence-electron chi connectivity index (χ3n) is 2.86. The van der Waals surface area contributed by atoms with Crippen LogP contribution in [0.25, 0.3) is 0 Å². The molecule has 1 aliphatic heterocycles. The van der Waals surface area contributed by atoms with Crippen LogP contribution < -0.4 is 0 Å². The average molecular weight is 254 g/mol. The summed E-state index contributed by atoms with van der Waals surface area (Å²) in [7, 11) is 0. The normalized spacial score (nSPS) is 21.7. The van der Waals surface area contributed by atoms with Crippen molar-refractivity contribution in [2.45, 2.75) is 57.2 Å². The molecular formula is C12H21F3O2. The van der Waals surface area contributed by atoms with Gasteiger partial charge in [-0.1, -0.05) is 0 Å². The zero-order valence-corrected chi connectivity index (χ0v) is 10.1. The van der Waals surface area contributed by atoms with E-state index in [1.165, 1.54) is 6.42 Å². The summed E-state index contributed by atoms with van der Waals surface area (Å²) >= 11 is 0. The first kappa shape index (κ1) is 14.8. The fraction of sp³-hybridized carbons (Fsp3) is 1.00. The van der Waals surface area contributed by atoms with Crippen molar-refractivity contribution in [1.82, 2.24) is 0 Å². The van der Waals surface area contributed by atoms with Crippen molar-refractivity contribution in [3.8, 4) is 0 Å². The van der Waals surface area contributed by atoms with Crippen LogP contribution in [-0.2, 0) is 9.47 Å². The molecule has 0 aromatic carbocycles. The van der Waals surface area contributed by atoms with E-state index in [1.807, 2.05) is 0 Å². The Hall–Kier alpha value is -0.290. The molecule has 1 atom stereocenters. The third kappa shape index (κ3) is 8.44. The van der Waals surface area contributed by atoms with Crippen LogP contribution >= 0.6 is 0 Å². The second kappa shape index (κ2) is 7.93. The number of hydrogen-bond donors (Lipinski definition) is 0. The Labute approximate surface area is 100 Å². The largest absolute Gasteiger partial charge is 0.389 e. The van der Waals surface area contributed by atoms with Crippen molar-refractivity contribution in [2.24, 2.45) is 0 Å². The van der Waals surface area contributed by atoms with Gasteiger partial charge in [0.05, 0.1) is 6.10 Å². The Morgan fingerprint density at radius 2 is 1.94 bits per heavy atom. The van der Waals surface area contributed by atoms with E-state index in [-0.39, 0.29) is 6.42 Å². The summed E-state index contributed by atoms with van der Waals surface area (Å²) in [5.74, 6) is 0. The maximum atomic E-state index is 11.8. The molecule has 0 radical (unpaired) electrons. The van der Waals surface area contributed by atoms with Gasteiger partial charge < -0.3 is 9.47 Å². The van der Waals surface area contributed by atoms with Crippen molar-refractivity contribution in [1.29, 1.82) is 0 Å². The molecule has 102 valence electrons. The van der Waals surface area contributed by atoms with Crippen LogP contribution in [0.2, 0.25) is 0 Å². The highest BCUT2D eigenvalue weighted by Gasteiger charge is 2.25. The SMILES string of the molecule is FC(F)(F)CCCCOCCC1CCCCO1. The molecule has 5 heteroatoms. The molecule has 0 amide bonds. The van der Waals surface area contributed by atoms with Gasteiger partial charge in [0, 0.05) is 26.2 Å². The van der Waals surface area contributed by atoms with Gasteiger partial charge in [0.2, 0.25) is 0 Å². The predicted octanol–water partition coefficient (Wildman–Crippen LogP) is 3.69. The van der Waals surface area contributed by atoms with Crippen molar-refractivity contribution < 1.29 is 22.6 Å². The highest BCUT2D eigenvalue weighted by Crippen LogP contribution is 2.22. The van der Waals surface area contributed by atoms with Crippen LogP contribution in [0.4, 0.5) is 13.2 Å². The lowest BCUT2D eigenvalue weighted by Crippen LogP contribution is -2.20. The van der Waals surface area contributed by atoms with E-state index >= 15 is 0 Å². The van der Waals surface area contributed by atoms with Gasteiger partial charge in [-0.15, -0.1) is 0 Å². The third-order valence-corrected chi connectivity index (χ3v) is 2.86. The van der Waals surface area contributed by atoms with E-state index in [9.17, 15) is 13.2 Å². The number of hydrogen-bond acceptors (Lipinski definition) is 2. The van der Waals surface area contributed by atoms with E-state index in [0.717, 1.165) is 25.9 Å². The molecule has 1 aliphatic rings. The summed E-state index contributed by atoms with van der Waals surface area (Å²) in [4.78, 5) is 0. The first-order valence-corrected chi connectivity index (χ1v) is 6.34. The van der Waals surface area contributed by atoms with Crippen LogP contribution in [0.5, 0.6) is 0 Å². The lowest BCUT2D eigenvalue weighted by atomic mass is 10.1. The lowest BCUT2D eigenvalue weighted by molar-refractivity contribution is -0.136. The Kier molecular flexibility index (Phi) is 6.89. The van der Waals surface area contributed by atoms with Crippen molar-refractivity contribution in [3.63, 3.8) is 0 Å². The van der Waals surface area contributed by atoms with Gasteiger partial charge in [0.15, 0.2) is 0 Å². The first-order chi connectivity index (χ1) is 8.08. The van der Waals surface area contributed by atoms with E-state index in [0.29, 0.717) is 25.7 Å². The van der Waals surface area contributed by atoms with Crippen LogP contribution in [0.1, 0.15) is 44.9 Å². The molecule has 1 rings (SSSR count). The lowest BCUT2D eigenvalue weighted by Gasteiger charge is -2.22. The van der Waals surface area contributed by atoms with Gasteiger partial charge in [-0.2, -0.15) is 13.2 Å². The van der Waals surface area contributed by atoms with E-state index < -0.39 is 12.6 Å². The molecular weight excluding hydrogens is 233 g/mol. The molecule has 0 aromatic heterocycles. The van der Waals surface area contributed by atoms with Crippen LogP contribution in [0, 0.1) is 0 Å². The molecule has 1 heterocycles. The van der Waals surface area contributed by atoms with Crippen LogP contribution in [-0.4, -0.2) is 32.1 Å². The minimum absolute atomic E-state index is 0.156. The molecule has 0 saturated carbocycles. The Bertz CT molecular complexity index is 189. The minimum atomic E-state index is -4.03. The molecule has 1 fully saturated rings. The predicted molar refractivity (Wildman–Crippen MR) is 58.9 cm³/mol. The summed E-state index contributed by atoms with van der Waals surface area (Å²) in [5, 5.41) is 0. The van der Waals surface area contributed by atoms with Gasteiger partial charge in [0.25, 0.3) is 0 Å². The highest BCUT2D eigenvalue weighted by molar-refractivity contribution is 4.62. The van der Waals surface area contributed by atoms with Crippen LogP contribution in [0.15, 0.2) is 0 Å². The average Bonchev–Trinajstić information content (AvgIpc) is 2.28. The number of rotatable bonds is 7. The molecule has 1 saturated heterocycles. The topological polar surface area (TPSA) is 18.5 Å². The van der Waals surface area contributed by atoms with Gasteiger partial charge >= 0.3 is 6.18 Å². The fourth-order valence-corrected chi connectivity index (χ4v) is 1.88. The number of unbranched alkanes of at least 4 members (excludes halogenated alkanes) is 1. The molecule has 0 spiro atoms. The standard InChI is InChI=1S/C12H21F3O2/c13-12(14,15)7-2-4-8-16-10-6-11-5-1-3-9-17-11/h11H,1-10H2. The number of ether oxygens (including phenoxy) is 2. The molecule has 0 bridgehead atoms. The summed E-state index contributed by atoms with van der Waals surface area (Å²) in [6.07, 6.45) is 0.466. The van der Waals surface area contributed by atoms with Crippen molar-refractivity contribution in [3.05, 3.63) is 0 Å². The summed E-state index contributed by atoms with van der Waals surface area (Å²) in [6.45, 7) is 1.84. The zero-order valence-electron chi connectivity index (χ0n) is 10.1. The molecule has 2 nitrogen and oxygen atoms in total. The molecule has 0 aromatic rings. The monoisotopic (exact) mass is 254 g/mol. The van der Waals surface area contributed by atoms with Gasteiger partial charge in [-0.05, 0) is 38.5 Å². The van der Waals surface area contributed by atoms with Gasteiger partial charge in [-0.3, -0.25) is 0 Å². The first-order valence-electron chi connectivity index (χ1n) is 6.34. The molecule has 0 aliphatic carbocycles. The van der Waals surface area contributed by atoms with Crippen molar-refractivity contribution in [2.75, 3.05) is 19.8 Å². The van der Waals surface area contributed by atoms with Crippen LogP contribution in [0.3, 0.4) is 0 Å². The van der Waals surface area contributed by atoms with E-state index in [4.69, 9.17) is 9.47 Å². The Balaban J connectivity index is 1.84. The number of halogens is 3. The van der Waals surface area contributed by atoms with Gasteiger partial charge in [0.1, 0.15) is 0 Å². The molecule has 17 heavy (non-hydrogen) atoms. The van der Waals surface area contributed by atoms with E-state index in [2.05, 4.69) is 0 Å². The second-order valence-electron chi connectivity index (χ2n) is 4.46. The van der Waals surface area contributed by atoms with Gasteiger partial charge in [-0.25, -0.2) is 0 Å². The molecule has 0 N–H and O–H groups in total. The smallest absolute Gasteiger partial charge is 0.381 e. The second-order valence-corrected chi connectivity index (χ2v) is 4.46. The molecule has 1 unspecified atom stereocenters. The maximum Gasteiger partial charge on any atom is 0.389 e. The summed E-state index contributed by atoms with van der Waals surface area (Å²) in [6, 6.07) is 0. The number of alkyl halides is 3. The summed E-state index contributed by atoms with van der Waals surface area (Å²) in [5.41, 5.74) is 0. The highest BCUT2D eigenvalue weighted by atomic mass is 19.4.